The van der Waals surface area contributed by atoms with Crippen molar-refractivity contribution in [2.45, 2.75) is 4.90 Å². The lowest BCUT2D eigenvalue weighted by Gasteiger charge is -1.99. The molecule has 8 heteroatoms. The first kappa shape index (κ1) is 10.6. The smallest absolute Gasteiger partial charge is 0.178 e. The van der Waals surface area contributed by atoms with E-state index in [1.54, 1.807) is 0 Å². The van der Waals surface area contributed by atoms with Crippen molar-refractivity contribution in [2.75, 3.05) is 12.0 Å². The Morgan fingerprint density at radius 3 is 2.62 bits per heavy atom. The Morgan fingerprint density at radius 1 is 1.31 bits per heavy atom. The molecule has 2 N–H and O–H groups in total. The van der Waals surface area contributed by atoms with Crippen LogP contribution in [-0.4, -0.2) is 34.4 Å². The van der Waals surface area contributed by atoms with Gasteiger partial charge in [0, 0.05) is 6.26 Å². The Labute approximate surface area is 91.9 Å². The van der Waals surface area contributed by atoms with E-state index < -0.39 is 9.84 Å². The normalized spacial score (nSPS) is 11.6. The third-order valence-corrected chi connectivity index (χ3v) is 2.93. The van der Waals surface area contributed by atoms with Gasteiger partial charge in [0.15, 0.2) is 15.7 Å². The van der Waals surface area contributed by atoms with Gasteiger partial charge < -0.3 is 5.73 Å². The zero-order valence-electron chi connectivity index (χ0n) is 8.40. The molecule has 0 aromatic carbocycles. The van der Waals surface area contributed by atoms with Crippen LogP contribution in [-0.2, 0) is 9.84 Å². The Bertz CT molecular complexity index is 619. The Balaban J connectivity index is 2.47. The van der Waals surface area contributed by atoms with Crippen molar-refractivity contribution < 1.29 is 8.42 Å². The number of aromatic nitrogens is 4. The number of hydrogen-bond acceptors (Lipinski definition) is 6. The number of rotatable bonds is 2. The van der Waals surface area contributed by atoms with Crippen LogP contribution in [0.25, 0.3) is 5.82 Å². The first-order chi connectivity index (χ1) is 7.47. The molecule has 7 nitrogen and oxygen atoms in total. The van der Waals surface area contributed by atoms with E-state index in [4.69, 9.17) is 5.73 Å². The number of nitrogens with two attached hydrogens (primary N) is 1. The second kappa shape index (κ2) is 3.56. The highest BCUT2D eigenvalue weighted by molar-refractivity contribution is 7.90. The summed E-state index contributed by atoms with van der Waals surface area (Å²) in [6.45, 7) is 0. The second-order valence-electron chi connectivity index (χ2n) is 3.19. The van der Waals surface area contributed by atoms with Crippen molar-refractivity contribution in [3.63, 3.8) is 0 Å². The zero-order chi connectivity index (χ0) is 11.8. The molecule has 2 aromatic rings. The maximum atomic E-state index is 11.2. The monoisotopic (exact) mass is 239 g/mol. The van der Waals surface area contributed by atoms with Gasteiger partial charge in [0.05, 0.1) is 24.8 Å². The summed E-state index contributed by atoms with van der Waals surface area (Å²) in [7, 11) is -3.26. The molecule has 16 heavy (non-hydrogen) atoms. The van der Waals surface area contributed by atoms with Crippen molar-refractivity contribution >= 4 is 15.7 Å². The number of nitrogen functional groups attached to an aromatic ring is 1. The van der Waals surface area contributed by atoms with E-state index in [1.165, 1.54) is 29.5 Å². The molecule has 0 unspecified atom stereocenters. The summed E-state index contributed by atoms with van der Waals surface area (Å²) in [6, 6.07) is 0. The van der Waals surface area contributed by atoms with Gasteiger partial charge in [0.1, 0.15) is 10.7 Å². The van der Waals surface area contributed by atoms with Crippen LogP contribution < -0.4 is 5.73 Å². The highest BCUT2D eigenvalue weighted by Crippen LogP contribution is 2.10. The van der Waals surface area contributed by atoms with Crippen molar-refractivity contribution in [2.24, 2.45) is 0 Å². The number of sulfone groups is 1. The molecule has 2 rings (SSSR count). The van der Waals surface area contributed by atoms with Crippen molar-refractivity contribution in [1.29, 1.82) is 0 Å². The minimum Gasteiger partial charge on any atom is -0.382 e. The van der Waals surface area contributed by atoms with Gasteiger partial charge in [-0.25, -0.2) is 18.1 Å². The quantitative estimate of drug-likeness (QED) is 0.768. The van der Waals surface area contributed by atoms with Gasteiger partial charge >= 0.3 is 0 Å². The van der Waals surface area contributed by atoms with Crippen LogP contribution in [0.4, 0.5) is 5.82 Å². The van der Waals surface area contributed by atoms with Gasteiger partial charge in [0.25, 0.3) is 0 Å². The summed E-state index contributed by atoms with van der Waals surface area (Å²) in [5, 5.41) is 3.87. The topological polar surface area (TPSA) is 104 Å². The maximum absolute atomic E-state index is 11.2. The zero-order valence-corrected chi connectivity index (χ0v) is 9.22. The number of anilines is 1. The van der Waals surface area contributed by atoms with Crippen molar-refractivity contribution in [1.82, 2.24) is 19.7 Å². The summed E-state index contributed by atoms with van der Waals surface area (Å²) in [5.41, 5.74) is 5.46. The highest BCUT2D eigenvalue weighted by Gasteiger charge is 2.11. The molecular weight excluding hydrogens is 230 g/mol. The lowest BCUT2D eigenvalue weighted by Crippen LogP contribution is -2.02. The van der Waals surface area contributed by atoms with Crippen LogP contribution >= 0.6 is 0 Å². The molecule has 0 fully saturated rings. The van der Waals surface area contributed by atoms with Crippen LogP contribution in [0.5, 0.6) is 0 Å². The first-order valence-electron chi connectivity index (χ1n) is 4.29. The first-order valence-corrected chi connectivity index (χ1v) is 6.18. The van der Waals surface area contributed by atoms with E-state index in [1.807, 2.05) is 0 Å². The van der Waals surface area contributed by atoms with Gasteiger partial charge in [-0.3, -0.25) is 4.98 Å². The summed E-state index contributed by atoms with van der Waals surface area (Å²) >= 11 is 0. The largest absolute Gasteiger partial charge is 0.382 e. The molecule has 0 aliphatic carbocycles. The van der Waals surface area contributed by atoms with Crippen LogP contribution in [0, 0.1) is 0 Å². The predicted molar refractivity (Wildman–Crippen MR) is 56.7 cm³/mol. The fourth-order valence-electron chi connectivity index (χ4n) is 1.10. The van der Waals surface area contributed by atoms with Gasteiger partial charge in [-0.1, -0.05) is 0 Å². The molecule has 2 heterocycles. The molecule has 0 radical (unpaired) electrons. The third-order valence-electron chi connectivity index (χ3n) is 1.86. The molecule has 0 amide bonds. The fourth-order valence-corrected chi connectivity index (χ4v) is 1.63. The van der Waals surface area contributed by atoms with Gasteiger partial charge in [-0.15, -0.1) is 0 Å². The van der Waals surface area contributed by atoms with E-state index >= 15 is 0 Å². The van der Waals surface area contributed by atoms with Gasteiger partial charge in [-0.05, 0) is 0 Å². The van der Waals surface area contributed by atoms with Crippen LogP contribution in [0.1, 0.15) is 0 Å². The molecule has 0 atom stereocenters. The van der Waals surface area contributed by atoms with E-state index in [0.717, 1.165) is 6.26 Å². The minimum atomic E-state index is -3.26. The molecule has 2 aromatic heterocycles. The number of nitrogens with zero attached hydrogens (tertiary/aromatic N) is 4. The molecule has 0 saturated carbocycles. The lowest BCUT2D eigenvalue weighted by molar-refractivity contribution is 0.602. The van der Waals surface area contributed by atoms with Crippen LogP contribution in [0.2, 0.25) is 0 Å². The van der Waals surface area contributed by atoms with Gasteiger partial charge in [0.2, 0.25) is 0 Å². The summed E-state index contributed by atoms with van der Waals surface area (Å²) in [4.78, 5) is 7.92. The molecule has 0 bridgehead atoms. The van der Waals surface area contributed by atoms with Crippen molar-refractivity contribution in [3.05, 3.63) is 24.8 Å². The lowest BCUT2D eigenvalue weighted by atomic mass is 10.6. The SMILES string of the molecule is CS(=O)(=O)c1cnn(-c2cncc(N)n2)c1. The standard InChI is InChI=1S/C8H9N5O2S/c1-16(14,15)6-2-11-13(5-6)8-4-10-3-7(9)12-8/h2-5H,1H3,(H2,9,12). The fraction of sp³-hybridized carbons (Fsp3) is 0.125. The maximum Gasteiger partial charge on any atom is 0.178 e. The molecule has 0 spiro atoms. The van der Waals surface area contributed by atoms with E-state index in [9.17, 15) is 8.42 Å². The Kier molecular flexibility index (Phi) is 2.35. The van der Waals surface area contributed by atoms with Crippen molar-refractivity contribution in [3.8, 4) is 5.82 Å². The second-order valence-corrected chi connectivity index (χ2v) is 5.21. The average Bonchev–Trinajstić information content (AvgIpc) is 2.65. The molecular formula is C8H9N5O2S. The summed E-state index contributed by atoms with van der Waals surface area (Å²) < 4.78 is 23.8. The number of hydrogen-bond donors (Lipinski definition) is 1. The highest BCUT2D eigenvalue weighted by atomic mass is 32.2. The third kappa shape index (κ3) is 2.01. The van der Waals surface area contributed by atoms with E-state index in [-0.39, 0.29) is 10.7 Å². The molecule has 0 saturated heterocycles. The predicted octanol–water partition coefficient (Wildman–Crippen LogP) is -0.352. The summed E-state index contributed by atoms with van der Waals surface area (Å²) in [6.07, 6.45) is 6.55. The molecule has 84 valence electrons. The van der Waals surface area contributed by atoms with Crippen LogP contribution in [0.15, 0.2) is 29.7 Å². The minimum absolute atomic E-state index is 0.122. The van der Waals surface area contributed by atoms with Gasteiger partial charge in [-0.2, -0.15) is 5.10 Å². The molecule has 0 aliphatic rings. The average molecular weight is 239 g/mol. The Hall–Kier alpha value is -1.96. The van der Waals surface area contributed by atoms with E-state index in [2.05, 4.69) is 15.1 Å². The van der Waals surface area contributed by atoms with Crippen LogP contribution in [0.3, 0.4) is 0 Å². The van der Waals surface area contributed by atoms with E-state index in [0.29, 0.717) is 5.82 Å². The Morgan fingerprint density at radius 2 is 2.06 bits per heavy atom. The molecule has 0 aliphatic heterocycles. The summed E-state index contributed by atoms with van der Waals surface area (Å²) in [5.74, 6) is 0.615.